The van der Waals surface area contributed by atoms with Gasteiger partial charge in [0.15, 0.2) is 0 Å². The van der Waals surface area contributed by atoms with Crippen molar-refractivity contribution in [2.45, 2.75) is 20.8 Å². The molecule has 0 saturated carbocycles. The standard InChI is InChI=1S/C16H28N4O3/c1-5-23-14-10-13(17-18-14)15(21)19(4)11-16(2,3)12-20-6-8-22-9-7-20/h10H,5-9,11-12H2,1-4H3,(H,17,18). The highest BCUT2D eigenvalue weighted by atomic mass is 16.5. The minimum atomic E-state index is -0.0708. The summed E-state index contributed by atoms with van der Waals surface area (Å²) in [7, 11) is 1.82. The first-order valence-electron chi connectivity index (χ1n) is 8.15. The summed E-state index contributed by atoms with van der Waals surface area (Å²) in [6.07, 6.45) is 0. The molecule has 0 spiro atoms. The maximum Gasteiger partial charge on any atom is 0.271 e. The van der Waals surface area contributed by atoms with Crippen LogP contribution in [-0.2, 0) is 4.74 Å². The van der Waals surface area contributed by atoms with Crippen LogP contribution < -0.4 is 4.74 Å². The molecule has 1 fully saturated rings. The van der Waals surface area contributed by atoms with Gasteiger partial charge in [0.2, 0.25) is 5.88 Å². The number of aromatic amines is 1. The number of rotatable bonds is 7. The number of ether oxygens (including phenoxy) is 2. The van der Waals surface area contributed by atoms with E-state index in [9.17, 15) is 4.79 Å². The van der Waals surface area contributed by atoms with Crippen molar-refractivity contribution in [3.63, 3.8) is 0 Å². The van der Waals surface area contributed by atoms with Crippen LogP contribution in [0.3, 0.4) is 0 Å². The Morgan fingerprint density at radius 3 is 2.83 bits per heavy atom. The topological polar surface area (TPSA) is 70.7 Å². The van der Waals surface area contributed by atoms with Crippen molar-refractivity contribution in [2.24, 2.45) is 5.41 Å². The molecule has 1 aliphatic rings. The Hall–Kier alpha value is -1.60. The Labute approximate surface area is 137 Å². The second-order valence-electron chi connectivity index (χ2n) is 6.77. The molecular weight excluding hydrogens is 296 g/mol. The zero-order chi connectivity index (χ0) is 16.9. The lowest BCUT2D eigenvalue weighted by atomic mass is 9.91. The molecule has 7 nitrogen and oxygen atoms in total. The summed E-state index contributed by atoms with van der Waals surface area (Å²) in [5.41, 5.74) is 0.461. The Bertz CT molecular complexity index is 509. The summed E-state index contributed by atoms with van der Waals surface area (Å²) in [5.74, 6) is 0.385. The fourth-order valence-corrected chi connectivity index (χ4v) is 2.97. The summed E-state index contributed by atoms with van der Waals surface area (Å²) >= 11 is 0. The van der Waals surface area contributed by atoms with E-state index in [-0.39, 0.29) is 11.3 Å². The van der Waals surface area contributed by atoms with Crippen LogP contribution in [0, 0.1) is 5.41 Å². The molecule has 1 N–H and O–H groups in total. The van der Waals surface area contributed by atoms with Crippen LogP contribution in [0.1, 0.15) is 31.3 Å². The second kappa shape index (κ2) is 7.79. The van der Waals surface area contributed by atoms with E-state index in [1.807, 2.05) is 14.0 Å². The lowest BCUT2D eigenvalue weighted by Gasteiger charge is -2.37. The SMILES string of the molecule is CCOc1cc(C(=O)N(C)CC(C)(C)CN2CCOCC2)[nH]n1. The number of nitrogens with one attached hydrogen (secondary N) is 1. The first-order valence-corrected chi connectivity index (χ1v) is 8.15. The normalized spacial score (nSPS) is 16.3. The first-order chi connectivity index (χ1) is 10.9. The van der Waals surface area contributed by atoms with Crippen LogP contribution in [0.15, 0.2) is 6.07 Å². The Morgan fingerprint density at radius 2 is 2.17 bits per heavy atom. The fourth-order valence-electron chi connectivity index (χ4n) is 2.97. The Balaban J connectivity index is 1.90. The van der Waals surface area contributed by atoms with Crippen molar-refractivity contribution in [2.75, 3.05) is 53.0 Å². The maximum absolute atomic E-state index is 12.5. The van der Waals surface area contributed by atoms with E-state index in [1.165, 1.54) is 0 Å². The third kappa shape index (κ3) is 5.21. The zero-order valence-corrected chi connectivity index (χ0v) is 14.6. The van der Waals surface area contributed by atoms with E-state index in [2.05, 4.69) is 28.9 Å². The van der Waals surface area contributed by atoms with Crippen molar-refractivity contribution in [3.05, 3.63) is 11.8 Å². The second-order valence-corrected chi connectivity index (χ2v) is 6.77. The molecule has 0 unspecified atom stereocenters. The summed E-state index contributed by atoms with van der Waals surface area (Å²) < 4.78 is 10.7. The predicted octanol–water partition coefficient (Wildman–Crippen LogP) is 1.24. The van der Waals surface area contributed by atoms with Gasteiger partial charge in [0.1, 0.15) is 5.69 Å². The molecule has 7 heteroatoms. The summed E-state index contributed by atoms with van der Waals surface area (Å²) in [6.45, 7) is 11.9. The minimum Gasteiger partial charge on any atom is -0.477 e. The van der Waals surface area contributed by atoms with Gasteiger partial charge in [0.05, 0.1) is 19.8 Å². The molecule has 0 atom stereocenters. The number of hydrogen-bond donors (Lipinski definition) is 1. The summed E-state index contributed by atoms with van der Waals surface area (Å²) in [5, 5.41) is 6.73. The van der Waals surface area contributed by atoms with Crippen LogP contribution >= 0.6 is 0 Å². The molecule has 0 aromatic carbocycles. The van der Waals surface area contributed by atoms with Gasteiger partial charge in [-0.1, -0.05) is 13.8 Å². The number of carbonyl (C=O) groups excluding carboxylic acids is 1. The maximum atomic E-state index is 12.5. The van der Waals surface area contributed by atoms with E-state index in [1.54, 1.807) is 11.0 Å². The highest BCUT2D eigenvalue weighted by Crippen LogP contribution is 2.20. The average Bonchev–Trinajstić information content (AvgIpc) is 2.95. The molecule has 2 heterocycles. The van der Waals surface area contributed by atoms with Crippen LogP contribution in [0.4, 0.5) is 0 Å². The van der Waals surface area contributed by atoms with Gasteiger partial charge in [-0.15, -0.1) is 5.10 Å². The fraction of sp³-hybridized carbons (Fsp3) is 0.750. The molecule has 23 heavy (non-hydrogen) atoms. The van der Waals surface area contributed by atoms with E-state index in [0.717, 1.165) is 32.8 Å². The number of hydrogen-bond acceptors (Lipinski definition) is 5. The molecule has 1 saturated heterocycles. The average molecular weight is 324 g/mol. The Kier molecular flexibility index (Phi) is 6.01. The predicted molar refractivity (Wildman–Crippen MR) is 87.8 cm³/mol. The number of H-pyrrole nitrogens is 1. The third-order valence-electron chi connectivity index (χ3n) is 3.84. The van der Waals surface area contributed by atoms with Gasteiger partial charge in [-0.25, -0.2) is 0 Å². The van der Waals surface area contributed by atoms with Crippen LogP contribution in [0.5, 0.6) is 5.88 Å². The molecule has 0 aliphatic carbocycles. The number of amides is 1. The smallest absolute Gasteiger partial charge is 0.271 e. The van der Waals surface area contributed by atoms with Gasteiger partial charge in [0.25, 0.3) is 5.91 Å². The molecule has 0 radical (unpaired) electrons. The van der Waals surface area contributed by atoms with Crippen LogP contribution in [0.25, 0.3) is 0 Å². The summed E-state index contributed by atoms with van der Waals surface area (Å²) in [4.78, 5) is 16.6. The van der Waals surface area contributed by atoms with Crippen molar-refractivity contribution in [1.29, 1.82) is 0 Å². The van der Waals surface area contributed by atoms with Crippen LogP contribution in [0.2, 0.25) is 0 Å². The highest BCUT2D eigenvalue weighted by molar-refractivity contribution is 5.92. The van der Waals surface area contributed by atoms with Gasteiger partial charge < -0.3 is 14.4 Å². The molecule has 130 valence electrons. The van der Waals surface area contributed by atoms with Gasteiger partial charge in [-0.3, -0.25) is 14.8 Å². The van der Waals surface area contributed by atoms with E-state index in [0.29, 0.717) is 24.7 Å². The molecule has 1 amide bonds. The van der Waals surface area contributed by atoms with Gasteiger partial charge in [-0.2, -0.15) is 0 Å². The van der Waals surface area contributed by atoms with Crippen molar-refractivity contribution < 1.29 is 14.3 Å². The van der Waals surface area contributed by atoms with Crippen LogP contribution in [-0.4, -0.2) is 79.0 Å². The molecule has 1 aromatic heterocycles. The summed E-state index contributed by atoms with van der Waals surface area (Å²) in [6, 6.07) is 1.65. The number of carbonyl (C=O) groups is 1. The highest BCUT2D eigenvalue weighted by Gasteiger charge is 2.27. The zero-order valence-electron chi connectivity index (χ0n) is 14.6. The third-order valence-corrected chi connectivity index (χ3v) is 3.84. The number of morpholine rings is 1. The van der Waals surface area contributed by atoms with E-state index < -0.39 is 0 Å². The van der Waals surface area contributed by atoms with Crippen molar-refractivity contribution >= 4 is 5.91 Å². The lowest BCUT2D eigenvalue weighted by molar-refractivity contribution is 0.0162. The van der Waals surface area contributed by atoms with E-state index in [4.69, 9.17) is 9.47 Å². The number of aromatic nitrogens is 2. The molecular formula is C16H28N4O3. The first kappa shape index (κ1) is 17.7. The number of nitrogens with zero attached hydrogens (tertiary/aromatic N) is 3. The largest absolute Gasteiger partial charge is 0.477 e. The Morgan fingerprint density at radius 1 is 1.48 bits per heavy atom. The van der Waals surface area contributed by atoms with Gasteiger partial charge >= 0.3 is 0 Å². The molecule has 0 bridgehead atoms. The molecule has 1 aliphatic heterocycles. The van der Waals surface area contributed by atoms with Gasteiger partial charge in [0, 0.05) is 39.3 Å². The van der Waals surface area contributed by atoms with Crippen molar-refractivity contribution in [1.82, 2.24) is 20.0 Å². The molecule has 2 rings (SSSR count). The quantitative estimate of drug-likeness (QED) is 0.817. The van der Waals surface area contributed by atoms with E-state index >= 15 is 0 Å². The lowest BCUT2D eigenvalue weighted by Crippen LogP contribution is -2.46. The molecule has 1 aromatic rings. The van der Waals surface area contributed by atoms with Gasteiger partial charge in [-0.05, 0) is 12.3 Å². The monoisotopic (exact) mass is 324 g/mol. The van der Waals surface area contributed by atoms with Crippen molar-refractivity contribution in [3.8, 4) is 5.88 Å². The minimum absolute atomic E-state index is 0.00448.